The van der Waals surface area contributed by atoms with Crippen LogP contribution in [0.3, 0.4) is 0 Å². The highest BCUT2D eigenvalue weighted by molar-refractivity contribution is 5.92. The predicted molar refractivity (Wildman–Crippen MR) is 412 cm³/mol. The SMILES string of the molecule is CCCCCCNc1nnc(-c2cc(C)c3cc(C4CC4)cc(C(F)(F)F)c3n2)o1.CCCCCNc1nnc(-c2cc(C)c3cc(C4CC4)cc(C(F)(F)F)c3n2)o1.CCCNc1nnc(-c2cc(C)c3cc(C4CC4)cc(C(F)(F)F)c3n2)o1.Cc1cc(-c2nnc(NC3CCCC3)o2)nc2c(C(F)(F)F)cc(C3CC3)cc12. The number of nitrogens with one attached hydrogen (secondary N) is 4. The van der Waals surface area contributed by atoms with E-state index in [1.54, 1.807) is 52.0 Å². The second-order valence-electron chi connectivity index (χ2n) is 30.6. The van der Waals surface area contributed by atoms with Gasteiger partial charge in [-0.2, -0.15) is 52.7 Å². The maximum absolute atomic E-state index is 13.8. The third-order valence-electron chi connectivity index (χ3n) is 21.1. The molecule has 4 N–H and O–H groups in total. The lowest BCUT2D eigenvalue weighted by Crippen LogP contribution is -2.14. The Morgan fingerprint density at radius 3 is 0.861 bits per heavy atom. The number of anilines is 4. The monoisotopic (exact) mass is 1600 g/mol. The fraction of sp³-hybridized carbons (Fsp3) is 0.470. The molecule has 5 aliphatic rings. The molecule has 32 heteroatoms. The first-order valence-electron chi connectivity index (χ1n) is 39.4. The molecule has 0 bridgehead atoms. The number of alkyl halides is 12. The minimum absolute atomic E-state index is 0.0691. The van der Waals surface area contributed by atoms with Gasteiger partial charge < -0.3 is 38.9 Å². The number of unbranched alkanes of at least 4 members (excludes halogenated alkanes) is 5. The van der Waals surface area contributed by atoms with Crippen molar-refractivity contribution in [2.24, 2.45) is 0 Å². The fourth-order valence-corrected chi connectivity index (χ4v) is 14.3. The Labute approximate surface area is 654 Å². The largest absolute Gasteiger partial charge is 0.418 e. The van der Waals surface area contributed by atoms with Crippen molar-refractivity contribution in [2.75, 3.05) is 40.9 Å². The van der Waals surface area contributed by atoms with Crippen LogP contribution in [-0.4, -0.2) is 86.4 Å². The zero-order chi connectivity index (χ0) is 81.3. The molecule has 8 aromatic heterocycles. The molecule has 0 saturated heterocycles. The number of fused-ring (bicyclic) bond motifs is 4. The Balaban J connectivity index is 0.000000127. The zero-order valence-electron chi connectivity index (χ0n) is 64.6. The molecule has 0 aliphatic heterocycles. The van der Waals surface area contributed by atoms with Crippen molar-refractivity contribution in [3.8, 4) is 46.3 Å². The molecule has 20 nitrogen and oxygen atoms in total. The maximum Gasteiger partial charge on any atom is 0.418 e. The van der Waals surface area contributed by atoms with E-state index in [2.05, 4.69) is 95.8 Å². The molecule has 5 saturated carbocycles. The molecule has 608 valence electrons. The van der Waals surface area contributed by atoms with Crippen molar-refractivity contribution in [1.82, 2.24) is 60.7 Å². The summed E-state index contributed by atoms with van der Waals surface area (Å²) in [4.78, 5) is 17.1. The first kappa shape index (κ1) is 81.0. The van der Waals surface area contributed by atoms with Crippen LogP contribution >= 0.6 is 0 Å². The van der Waals surface area contributed by atoms with Crippen LogP contribution in [-0.2, 0) is 24.7 Å². The smallest absolute Gasteiger partial charge is 0.402 e. The number of halogens is 12. The third-order valence-corrected chi connectivity index (χ3v) is 21.1. The van der Waals surface area contributed by atoms with Crippen LogP contribution in [0.1, 0.15) is 240 Å². The molecule has 0 radical (unpaired) electrons. The Kier molecular flexibility index (Phi) is 23.8. The summed E-state index contributed by atoms with van der Waals surface area (Å²) in [6.45, 7) is 15.4. The van der Waals surface area contributed by atoms with Crippen LogP contribution in [0.5, 0.6) is 0 Å². The summed E-state index contributed by atoms with van der Waals surface area (Å²) in [6, 6.07) is 20.4. The Bertz CT molecular complexity index is 5460. The van der Waals surface area contributed by atoms with Crippen molar-refractivity contribution < 1.29 is 70.4 Å². The van der Waals surface area contributed by atoms with E-state index in [0.717, 1.165) is 144 Å². The topological polar surface area (TPSA) is 255 Å². The van der Waals surface area contributed by atoms with Crippen LogP contribution in [0, 0.1) is 27.7 Å². The maximum atomic E-state index is 13.8. The highest BCUT2D eigenvalue weighted by Crippen LogP contribution is 2.50. The molecular formula is C83H88F12N16O4. The number of aryl methyl sites for hydroxylation is 4. The fourth-order valence-electron chi connectivity index (χ4n) is 14.3. The molecule has 0 spiro atoms. The molecule has 4 aromatic carbocycles. The van der Waals surface area contributed by atoms with Crippen molar-refractivity contribution in [2.45, 2.75) is 231 Å². The summed E-state index contributed by atoms with van der Waals surface area (Å²) in [7, 11) is 0. The van der Waals surface area contributed by atoms with Gasteiger partial charge in [0.15, 0.2) is 0 Å². The lowest BCUT2D eigenvalue weighted by Gasteiger charge is -2.14. The predicted octanol–water partition coefficient (Wildman–Crippen LogP) is 23.7. The average molecular weight is 1600 g/mol. The summed E-state index contributed by atoms with van der Waals surface area (Å²) in [5.41, 5.74) is 3.61. The molecule has 5 aliphatic carbocycles. The Hall–Kier alpha value is -10.6. The molecule has 0 amide bonds. The molecule has 8 heterocycles. The van der Waals surface area contributed by atoms with Gasteiger partial charge in [0.25, 0.3) is 23.6 Å². The Morgan fingerprint density at radius 2 is 0.583 bits per heavy atom. The molecule has 0 atom stereocenters. The van der Waals surface area contributed by atoms with Gasteiger partial charge in [0, 0.05) is 47.2 Å². The van der Waals surface area contributed by atoms with E-state index in [1.807, 2.05) is 31.2 Å². The van der Waals surface area contributed by atoms with Crippen molar-refractivity contribution in [1.29, 1.82) is 0 Å². The first-order chi connectivity index (χ1) is 55.0. The van der Waals surface area contributed by atoms with Crippen LogP contribution in [0.2, 0.25) is 0 Å². The van der Waals surface area contributed by atoms with Crippen molar-refractivity contribution >= 4 is 67.7 Å². The van der Waals surface area contributed by atoms with E-state index in [4.69, 9.17) is 17.7 Å². The zero-order valence-corrected chi connectivity index (χ0v) is 64.6. The molecule has 12 aromatic rings. The lowest BCUT2D eigenvalue weighted by atomic mass is 9.98. The van der Waals surface area contributed by atoms with Gasteiger partial charge in [-0.15, -0.1) is 20.4 Å². The number of nitrogens with zero attached hydrogens (tertiary/aromatic N) is 12. The third kappa shape index (κ3) is 19.5. The van der Waals surface area contributed by atoms with Gasteiger partial charge in [-0.1, -0.05) is 86.1 Å². The van der Waals surface area contributed by atoms with Crippen LogP contribution < -0.4 is 21.3 Å². The van der Waals surface area contributed by atoms with Crippen molar-refractivity contribution in [3.63, 3.8) is 0 Å². The van der Waals surface area contributed by atoms with Gasteiger partial charge in [0.05, 0.1) is 44.3 Å². The summed E-state index contributed by atoms with van der Waals surface area (Å²) in [6.07, 6.45) is 2.40. The second kappa shape index (κ2) is 33.7. The minimum Gasteiger partial charge on any atom is -0.402 e. The van der Waals surface area contributed by atoms with Gasteiger partial charge >= 0.3 is 48.8 Å². The molecule has 0 unspecified atom stereocenters. The van der Waals surface area contributed by atoms with Crippen LogP contribution in [0.15, 0.2) is 90.5 Å². The minimum atomic E-state index is -4.48. The summed E-state index contributed by atoms with van der Waals surface area (Å²) < 4.78 is 187. The first-order valence-corrected chi connectivity index (χ1v) is 39.4. The van der Waals surface area contributed by atoms with Gasteiger partial charge in [-0.25, -0.2) is 19.9 Å². The molecular weight excluding hydrogens is 1510 g/mol. The summed E-state index contributed by atoms with van der Waals surface area (Å²) in [5, 5.41) is 45.9. The van der Waals surface area contributed by atoms with Gasteiger partial charge in [-0.05, 0) is 252 Å². The Morgan fingerprint density at radius 1 is 0.313 bits per heavy atom. The van der Waals surface area contributed by atoms with Crippen LogP contribution in [0.4, 0.5) is 76.7 Å². The number of aromatic nitrogens is 12. The lowest BCUT2D eigenvalue weighted by molar-refractivity contribution is -0.137. The van der Waals surface area contributed by atoms with E-state index < -0.39 is 47.0 Å². The van der Waals surface area contributed by atoms with Gasteiger partial charge in [0.1, 0.15) is 22.8 Å². The van der Waals surface area contributed by atoms with Crippen LogP contribution in [0.25, 0.3) is 90.0 Å². The van der Waals surface area contributed by atoms with Gasteiger partial charge in [0.2, 0.25) is 0 Å². The second-order valence-corrected chi connectivity index (χ2v) is 30.6. The average Bonchev–Trinajstić information content (AvgIpc) is 1.74. The normalized spacial score (nSPS) is 15.4. The quantitative estimate of drug-likeness (QED) is 0.0324. The number of benzene rings is 4. The highest BCUT2D eigenvalue weighted by Gasteiger charge is 2.41. The molecule has 115 heavy (non-hydrogen) atoms. The van der Waals surface area contributed by atoms with E-state index in [-0.39, 0.29) is 116 Å². The van der Waals surface area contributed by atoms with E-state index in [1.165, 1.54) is 30.7 Å². The standard InChI is InChI=1S/C22H25F3N4O.C21H21F3N4O.C21H23F3N4O.C19H19F3N4O/c1-3-4-5-6-9-26-21-29-28-20(30-21)18-10-13(2)16-11-15(14-7-8-14)12-17(19(16)27-18)22(23,24)25;1-11-8-17(19-27-28-20(29-19)25-14-4-2-3-5-14)26-18-15(11)9-13(12-6-7-12)10-16(18)21(22,23)24;1-3-4-5-8-25-20-28-27-19(29-20)17-9-12(2)15-10-14(13-6-7-13)11-16(18(15)26-17)21(22,23)24;1-3-6-23-18-26-25-17(27-18)15-7-10(2)13-8-12(11-4-5-11)9-14(16(13)24-15)19(20,21)22/h10-12,14H,3-9H2,1-2H3,(H,26,29);8-10,12,14H,2-7H2,1H3,(H,25,28);9-11,13H,3-8H2,1-2H3,(H,25,28);7-9,11H,3-6H2,1-2H3,(H,23,26). The molecule has 5 fully saturated rings. The number of hydrogen-bond acceptors (Lipinski definition) is 20. The number of pyridine rings is 4. The summed E-state index contributed by atoms with van der Waals surface area (Å²) >= 11 is 0. The van der Waals surface area contributed by atoms with E-state index in [0.29, 0.717) is 69.5 Å². The van der Waals surface area contributed by atoms with E-state index >= 15 is 0 Å². The molecule has 17 rings (SSSR count). The highest BCUT2D eigenvalue weighted by atomic mass is 19.4. The van der Waals surface area contributed by atoms with Gasteiger partial charge in [-0.3, -0.25) is 0 Å². The summed E-state index contributed by atoms with van der Waals surface area (Å²) in [5.74, 6) is 1.31. The van der Waals surface area contributed by atoms with Crippen molar-refractivity contribution in [3.05, 3.63) is 140 Å². The number of rotatable bonds is 24. The number of hydrogen-bond donors (Lipinski definition) is 4. The van der Waals surface area contributed by atoms with E-state index in [9.17, 15) is 52.7 Å².